The highest BCUT2D eigenvalue weighted by atomic mass is 16.7. The zero-order valence-electron chi connectivity index (χ0n) is 11.0. The van der Waals surface area contributed by atoms with Gasteiger partial charge in [-0.05, 0) is 24.8 Å². The SMILES string of the molecule is OC(C#CCOC1CCCCO1)Cc1ccccc1. The van der Waals surface area contributed by atoms with E-state index in [-0.39, 0.29) is 6.29 Å². The second-order valence-corrected chi connectivity index (χ2v) is 4.63. The van der Waals surface area contributed by atoms with Gasteiger partial charge < -0.3 is 14.6 Å². The van der Waals surface area contributed by atoms with Gasteiger partial charge in [0.1, 0.15) is 12.7 Å². The number of ether oxygens (including phenoxy) is 2. The molecule has 0 amide bonds. The molecule has 19 heavy (non-hydrogen) atoms. The molecule has 2 rings (SSSR count). The van der Waals surface area contributed by atoms with Gasteiger partial charge in [0.25, 0.3) is 0 Å². The van der Waals surface area contributed by atoms with E-state index in [1.807, 2.05) is 30.3 Å². The average Bonchev–Trinajstić information content (AvgIpc) is 2.46. The third kappa shape index (κ3) is 5.44. The van der Waals surface area contributed by atoms with E-state index in [1.165, 1.54) is 0 Å². The van der Waals surface area contributed by atoms with Gasteiger partial charge in [-0.15, -0.1) is 0 Å². The molecule has 3 nitrogen and oxygen atoms in total. The minimum atomic E-state index is -0.640. The fourth-order valence-electron chi connectivity index (χ4n) is 2.03. The molecule has 2 unspecified atom stereocenters. The van der Waals surface area contributed by atoms with E-state index in [4.69, 9.17) is 9.47 Å². The summed E-state index contributed by atoms with van der Waals surface area (Å²) in [4.78, 5) is 0. The van der Waals surface area contributed by atoms with E-state index in [0.717, 1.165) is 31.4 Å². The van der Waals surface area contributed by atoms with Gasteiger partial charge in [0.2, 0.25) is 0 Å². The molecule has 1 heterocycles. The van der Waals surface area contributed by atoms with Crippen molar-refractivity contribution in [1.82, 2.24) is 0 Å². The summed E-state index contributed by atoms with van der Waals surface area (Å²) in [5, 5.41) is 9.78. The molecule has 1 saturated heterocycles. The summed E-state index contributed by atoms with van der Waals surface area (Å²) in [6, 6.07) is 9.84. The smallest absolute Gasteiger partial charge is 0.158 e. The lowest BCUT2D eigenvalue weighted by Gasteiger charge is -2.21. The quantitative estimate of drug-likeness (QED) is 0.843. The van der Waals surface area contributed by atoms with Crippen LogP contribution in [0.4, 0.5) is 0 Å². The largest absolute Gasteiger partial charge is 0.380 e. The number of aliphatic hydroxyl groups excluding tert-OH is 1. The number of hydrogen-bond donors (Lipinski definition) is 1. The first kappa shape index (κ1) is 14.1. The van der Waals surface area contributed by atoms with Crippen molar-refractivity contribution < 1.29 is 14.6 Å². The standard InChI is InChI=1S/C16H20O3/c17-15(13-14-7-2-1-3-8-14)9-6-12-19-16-10-4-5-11-18-16/h1-3,7-8,15-17H,4-5,10-13H2. The molecule has 1 aromatic carbocycles. The van der Waals surface area contributed by atoms with Crippen molar-refractivity contribution in [2.24, 2.45) is 0 Å². The van der Waals surface area contributed by atoms with Crippen molar-refractivity contribution >= 4 is 0 Å². The molecule has 1 aromatic rings. The maximum absolute atomic E-state index is 9.78. The van der Waals surface area contributed by atoms with Crippen molar-refractivity contribution in [2.75, 3.05) is 13.2 Å². The van der Waals surface area contributed by atoms with Crippen LogP contribution in [-0.2, 0) is 15.9 Å². The van der Waals surface area contributed by atoms with Crippen LogP contribution >= 0.6 is 0 Å². The monoisotopic (exact) mass is 260 g/mol. The van der Waals surface area contributed by atoms with Crippen LogP contribution < -0.4 is 0 Å². The highest BCUT2D eigenvalue weighted by Gasteiger charge is 2.12. The number of aliphatic hydroxyl groups is 1. The summed E-state index contributed by atoms with van der Waals surface area (Å²) in [5.41, 5.74) is 1.08. The lowest BCUT2D eigenvalue weighted by molar-refractivity contribution is -0.154. The summed E-state index contributed by atoms with van der Waals surface area (Å²) in [6.45, 7) is 1.09. The predicted octanol–water partition coefficient (Wildman–Crippen LogP) is 2.14. The van der Waals surface area contributed by atoms with Gasteiger partial charge in [-0.2, -0.15) is 0 Å². The van der Waals surface area contributed by atoms with Crippen molar-refractivity contribution in [3.8, 4) is 11.8 Å². The molecule has 0 spiro atoms. The molecule has 1 aliphatic heterocycles. The molecule has 2 atom stereocenters. The van der Waals surface area contributed by atoms with Crippen LogP contribution in [0.25, 0.3) is 0 Å². The van der Waals surface area contributed by atoms with Crippen LogP contribution in [0.3, 0.4) is 0 Å². The van der Waals surface area contributed by atoms with Crippen molar-refractivity contribution in [3.63, 3.8) is 0 Å². The molecule has 1 aliphatic rings. The Bertz CT molecular complexity index is 413. The van der Waals surface area contributed by atoms with Crippen LogP contribution in [0, 0.1) is 11.8 Å². The van der Waals surface area contributed by atoms with Crippen LogP contribution in [0.5, 0.6) is 0 Å². The highest BCUT2D eigenvalue weighted by Crippen LogP contribution is 2.13. The number of rotatable bonds is 4. The fraction of sp³-hybridized carbons (Fsp3) is 0.500. The Morgan fingerprint density at radius 2 is 2.16 bits per heavy atom. The summed E-state index contributed by atoms with van der Waals surface area (Å²) < 4.78 is 10.9. The molecule has 1 fully saturated rings. The molecule has 1 N–H and O–H groups in total. The van der Waals surface area contributed by atoms with E-state index in [9.17, 15) is 5.11 Å². The molecule has 0 aromatic heterocycles. The average molecular weight is 260 g/mol. The van der Waals surface area contributed by atoms with E-state index in [2.05, 4.69) is 11.8 Å². The first-order chi connectivity index (χ1) is 9.34. The minimum absolute atomic E-state index is 0.116. The molecule has 0 aliphatic carbocycles. The maximum Gasteiger partial charge on any atom is 0.158 e. The molecular formula is C16H20O3. The van der Waals surface area contributed by atoms with Crippen molar-refractivity contribution in [3.05, 3.63) is 35.9 Å². The molecule has 0 saturated carbocycles. The Morgan fingerprint density at radius 3 is 2.89 bits per heavy atom. The van der Waals surface area contributed by atoms with E-state index in [0.29, 0.717) is 13.0 Å². The Balaban J connectivity index is 1.67. The minimum Gasteiger partial charge on any atom is -0.380 e. The Morgan fingerprint density at radius 1 is 1.32 bits per heavy atom. The van der Waals surface area contributed by atoms with Gasteiger partial charge in [-0.3, -0.25) is 0 Å². The normalized spacial score (nSPS) is 20.4. The summed E-state index contributed by atoms with van der Waals surface area (Å²) in [5.74, 6) is 5.65. The second kappa shape index (κ2) is 7.96. The first-order valence-electron chi connectivity index (χ1n) is 6.78. The van der Waals surface area contributed by atoms with Crippen LogP contribution in [0.2, 0.25) is 0 Å². The number of benzene rings is 1. The summed E-state index contributed by atoms with van der Waals surface area (Å²) in [6.07, 6.45) is 2.99. The van der Waals surface area contributed by atoms with Gasteiger partial charge in [0.05, 0.1) is 0 Å². The molecule has 0 bridgehead atoms. The van der Waals surface area contributed by atoms with Crippen LogP contribution in [0.15, 0.2) is 30.3 Å². The Hall–Kier alpha value is -1.34. The molecular weight excluding hydrogens is 240 g/mol. The summed E-state index contributed by atoms with van der Waals surface area (Å²) in [7, 11) is 0. The zero-order chi connectivity index (χ0) is 13.3. The van der Waals surface area contributed by atoms with Crippen molar-refractivity contribution in [1.29, 1.82) is 0 Å². The first-order valence-corrected chi connectivity index (χ1v) is 6.78. The van der Waals surface area contributed by atoms with Gasteiger partial charge in [0, 0.05) is 13.0 Å². The highest BCUT2D eigenvalue weighted by molar-refractivity contribution is 5.18. The van der Waals surface area contributed by atoms with E-state index >= 15 is 0 Å². The van der Waals surface area contributed by atoms with Gasteiger partial charge in [0.15, 0.2) is 6.29 Å². The van der Waals surface area contributed by atoms with Gasteiger partial charge in [-0.25, -0.2) is 0 Å². The lowest BCUT2D eigenvalue weighted by Crippen LogP contribution is -2.22. The Kier molecular flexibility index (Phi) is 5.90. The Labute approximate surface area is 114 Å². The van der Waals surface area contributed by atoms with Crippen LogP contribution in [-0.4, -0.2) is 30.7 Å². The van der Waals surface area contributed by atoms with E-state index < -0.39 is 6.10 Å². The maximum atomic E-state index is 9.78. The topological polar surface area (TPSA) is 38.7 Å². The van der Waals surface area contributed by atoms with Crippen molar-refractivity contribution in [2.45, 2.75) is 38.1 Å². The third-order valence-electron chi connectivity index (χ3n) is 3.02. The molecule has 3 heteroatoms. The van der Waals surface area contributed by atoms with Crippen LogP contribution in [0.1, 0.15) is 24.8 Å². The van der Waals surface area contributed by atoms with Gasteiger partial charge in [-0.1, -0.05) is 42.2 Å². The second-order valence-electron chi connectivity index (χ2n) is 4.63. The number of hydrogen-bond acceptors (Lipinski definition) is 3. The molecule has 0 radical (unpaired) electrons. The lowest BCUT2D eigenvalue weighted by atomic mass is 10.1. The predicted molar refractivity (Wildman–Crippen MR) is 73.5 cm³/mol. The zero-order valence-corrected chi connectivity index (χ0v) is 11.0. The molecule has 102 valence electrons. The summed E-state index contributed by atoms with van der Waals surface area (Å²) >= 11 is 0. The fourth-order valence-corrected chi connectivity index (χ4v) is 2.03. The van der Waals surface area contributed by atoms with Gasteiger partial charge >= 0.3 is 0 Å². The third-order valence-corrected chi connectivity index (χ3v) is 3.02. The van der Waals surface area contributed by atoms with E-state index in [1.54, 1.807) is 0 Å².